The van der Waals surface area contributed by atoms with Crippen LogP contribution in [0.3, 0.4) is 0 Å². The third kappa shape index (κ3) is 2.94. The first kappa shape index (κ1) is 12.7. The zero-order valence-electron chi connectivity index (χ0n) is 9.14. The highest BCUT2D eigenvalue weighted by Crippen LogP contribution is 2.31. The number of rotatable bonds is 2. The average molecular weight is 282 g/mol. The highest BCUT2D eigenvalue weighted by Gasteiger charge is 2.06. The van der Waals surface area contributed by atoms with Crippen molar-refractivity contribution >= 4 is 35.1 Å². The van der Waals surface area contributed by atoms with Crippen molar-refractivity contribution in [2.75, 3.05) is 0 Å². The molecule has 0 unspecified atom stereocenters. The summed E-state index contributed by atoms with van der Waals surface area (Å²) in [5.41, 5.74) is 1.02. The van der Waals surface area contributed by atoms with Gasteiger partial charge in [-0.3, -0.25) is 4.99 Å². The number of aliphatic imine (C=N–C) groups is 1. The molecule has 2 aromatic rings. The van der Waals surface area contributed by atoms with E-state index in [-0.39, 0.29) is 11.5 Å². The Morgan fingerprint density at radius 1 is 0.944 bits per heavy atom. The second-order valence-corrected chi connectivity index (χ2v) is 4.47. The minimum atomic E-state index is -0.278. The van der Waals surface area contributed by atoms with E-state index in [1.54, 1.807) is 24.3 Å². The molecule has 5 heteroatoms. The summed E-state index contributed by atoms with van der Waals surface area (Å²) in [6, 6.07) is 9.67. The Morgan fingerprint density at radius 2 is 1.61 bits per heavy atom. The zero-order chi connectivity index (χ0) is 13.1. The Morgan fingerprint density at radius 3 is 2.28 bits per heavy atom. The van der Waals surface area contributed by atoms with E-state index >= 15 is 0 Å². The predicted molar refractivity (Wildman–Crippen MR) is 73.5 cm³/mol. The number of hydrogen-bond acceptors (Lipinski definition) is 3. The summed E-state index contributed by atoms with van der Waals surface area (Å²) in [6.07, 6.45) is 1.42. The van der Waals surface area contributed by atoms with Crippen LogP contribution in [0.4, 0.5) is 5.69 Å². The maximum absolute atomic E-state index is 9.62. The third-order valence-electron chi connectivity index (χ3n) is 2.26. The van der Waals surface area contributed by atoms with E-state index in [9.17, 15) is 10.2 Å². The van der Waals surface area contributed by atoms with Crippen LogP contribution in [0.1, 0.15) is 5.56 Å². The van der Waals surface area contributed by atoms with Crippen LogP contribution in [-0.4, -0.2) is 16.4 Å². The summed E-state index contributed by atoms with van der Waals surface area (Å²) in [5.74, 6) is -0.530. The van der Waals surface area contributed by atoms with E-state index in [1.165, 1.54) is 18.3 Å². The van der Waals surface area contributed by atoms with Crippen molar-refractivity contribution in [1.82, 2.24) is 0 Å². The summed E-state index contributed by atoms with van der Waals surface area (Å²) >= 11 is 11.5. The topological polar surface area (TPSA) is 52.8 Å². The van der Waals surface area contributed by atoms with E-state index in [4.69, 9.17) is 23.2 Å². The second-order valence-electron chi connectivity index (χ2n) is 3.60. The minimum absolute atomic E-state index is 0.253. The Balaban J connectivity index is 2.31. The smallest absolute Gasteiger partial charge is 0.166 e. The molecule has 0 aromatic heterocycles. The van der Waals surface area contributed by atoms with Gasteiger partial charge < -0.3 is 10.2 Å². The molecule has 18 heavy (non-hydrogen) atoms. The Bertz CT molecular complexity index is 595. The number of phenols is 2. The molecule has 0 fully saturated rings. The van der Waals surface area contributed by atoms with Crippen molar-refractivity contribution in [3.63, 3.8) is 0 Å². The van der Waals surface area contributed by atoms with Crippen LogP contribution in [-0.2, 0) is 0 Å². The summed E-state index contributed by atoms with van der Waals surface area (Å²) in [6.45, 7) is 0. The van der Waals surface area contributed by atoms with Crippen LogP contribution in [0.15, 0.2) is 41.4 Å². The molecule has 2 N–H and O–H groups in total. The standard InChI is InChI=1S/C13H9Cl2NO2/c14-9-1-3-11(4-2-9)16-7-8-5-10(15)6-12(17)13(8)18/h1-7,17-18H. The van der Waals surface area contributed by atoms with Gasteiger partial charge >= 0.3 is 0 Å². The number of nitrogens with zero attached hydrogens (tertiary/aromatic N) is 1. The van der Waals surface area contributed by atoms with E-state index in [2.05, 4.69) is 4.99 Å². The summed E-state index contributed by atoms with van der Waals surface area (Å²) in [5, 5.41) is 20.0. The van der Waals surface area contributed by atoms with Crippen LogP contribution in [0.25, 0.3) is 0 Å². The molecular weight excluding hydrogens is 273 g/mol. The third-order valence-corrected chi connectivity index (χ3v) is 2.73. The number of benzene rings is 2. The quantitative estimate of drug-likeness (QED) is 0.642. The molecule has 0 bridgehead atoms. The van der Waals surface area contributed by atoms with Crippen LogP contribution < -0.4 is 0 Å². The Kier molecular flexibility index (Phi) is 3.75. The van der Waals surface area contributed by atoms with Gasteiger partial charge in [-0.05, 0) is 30.3 Å². The predicted octanol–water partition coefficient (Wildman–Crippen LogP) is 4.16. The maximum atomic E-state index is 9.62. The molecular formula is C13H9Cl2NO2. The molecule has 0 atom stereocenters. The summed E-state index contributed by atoms with van der Waals surface area (Å²) < 4.78 is 0. The first-order chi connectivity index (χ1) is 8.56. The lowest BCUT2D eigenvalue weighted by Gasteiger charge is -2.02. The molecule has 0 radical (unpaired) electrons. The minimum Gasteiger partial charge on any atom is -0.504 e. The lowest BCUT2D eigenvalue weighted by molar-refractivity contribution is 0.403. The van der Waals surface area contributed by atoms with Crippen LogP contribution in [0, 0.1) is 0 Å². The summed E-state index contributed by atoms with van der Waals surface area (Å²) in [4.78, 5) is 4.15. The number of halogens is 2. The first-order valence-corrected chi connectivity index (χ1v) is 5.83. The molecule has 0 aliphatic carbocycles. The molecule has 0 aliphatic heterocycles. The SMILES string of the molecule is Oc1cc(Cl)cc(C=Nc2ccc(Cl)cc2)c1O. The van der Waals surface area contributed by atoms with Crippen molar-refractivity contribution in [2.45, 2.75) is 0 Å². The average Bonchev–Trinajstić information content (AvgIpc) is 2.34. The molecule has 0 heterocycles. The van der Waals surface area contributed by atoms with Crippen molar-refractivity contribution < 1.29 is 10.2 Å². The number of phenolic OH excluding ortho intramolecular Hbond substituents is 2. The van der Waals surface area contributed by atoms with Gasteiger partial charge in [0.2, 0.25) is 0 Å². The van der Waals surface area contributed by atoms with Gasteiger partial charge in [-0.25, -0.2) is 0 Å². The molecule has 0 saturated carbocycles. The Labute approximate surface area is 114 Å². The number of aromatic hydroxyl groups is 2. The van der Waals surface area contributed by atoms with Gasteiger partial charge in [-0.15, -0.1) is 0 Å². The van der Waals surface area contributed by atoms with Gasteiger partial charge in [0, 0.05) is 27.9 Å². The van der Waals surface area contributed by atoms with Gasteiger partial charge in [0.05, 0.1) is 5.69 Å². The van der Waals surface area contributed by atoms with Gasteiger partial charge in [0.15, 0.2) is 11.5 Å². The van der Waals surface area contributed by atoms with Gasteiger partial charge in [0.1, 0.15) is 0 Å². The van der Waals surface area contributed by atoms with E-state index < -0.39 is 0 Å². The van der Waals surface area contributed by atoms with E-state index in [0.29, 0.717) is 21.3 Å². The fourth-order valence-corrected chi connectivity index (χ4v) is 1.72. The van der Waals surface area contributed by atoms with Crippen molar-refractivity contribution in [1.29, 1.82) is 0 Å². The second kappa shape index (κ2) is 5.29. The maximum Gasteiger partial charge on any atom is 0.166 e. The molecule has 2 rings (SSSR count). The largest absolute Gasteiger partial charge is 0.504 e. The van der Waals surface area contributed by atoms with Crippen molar-refractivity contribution in [3.05, 3.63) is 52.0 Å². The molecule has 0 saturated heterocycles. The number of hydrogen-bond donors (Lipinski definition) is 2. The molecule has 0 aliphatic rings. The van der Waals surface area contributed by atoms with Crippen molar-refractivity contribution in [2.24, 2.45) is 4.99 Å². The van der Waals surface area contributed by atoms with Gasteiger partial charge in [-0.1, -0.05) is 23.2 Å². The monoisotopic (exact) mass is 281 g/mol. The summed E-state index contributed by atoms with van der Waals surface area (Å²) in [7, 11) is 0. The molecule has 0 amide bonds. The van der Waals surface area contributed by atoms with E-state index in [1.807, 2.05) is 0 Å². The van der Waals surface area contributed by atoms with Crippen LogP contribution >= 0.6 is 23.2 Å². The van der Waals surface area contributed by atoms with E-state index in [0.717, 1.165) is 0 Å². The normalized spacial score (nSPS) is 11.0. The lowest BCUT2D eigenvalue weighted by Crippen LogP contribution is -1.83. The first-order valence-electron chi connectivity index (χ1n) is 5.07. The highest BCUT2D eigenvalue weighted by atomic mass is 35.5. The Hall–Kier alpha value is -1.71. The van der Waals surface area contributed by atoms with Gasteiger partial charge in [-0.2, -0.15) is 0 Å². The van der Waals surface area contributed by atoms with Crippen LogP contribution in [0.2, 0.25) is 10.0 Å². The zero-order valence-corrected chi connectivity index (χ0v) is 10.7. The van der Waals surface area contributed by atoms with Crippen LogP contribution in [0.5, 0.6) is 11.5 Å². The molecule has 3 nitrogen and oxygen atoms in total. The lowest BCUT2D eigenvalue weighted by atomic mass is 10.2. The molecule has 2 aromatic carbocycles. The fourth-order valence-electron chi connectivity index (χ4n) is 1.38. The molecule has 92 valence electrons. The molecule has 0 spiro atoms. The fraction of sp³-hybridized carbons (Fsp3) is 0. The van der Waals surface area contributed by atoms with Crippen molar-refractivity contribution in [3.8, 4) is 11.5 Å². The van der Waals surface area contributed by atoms with Gasteiger partial charge in [0.25, 0.3) is 0 Å². The highest BCUT2D eigenvalue weighted by molar-refractivity contribution is 6.31.